The van der Waals surface area contributed by atoms with Crippen molar-refractivity contribution in [2.75, 3.05) is 0 Å². The lowest BCUT2D eigenvalue weighted by molar-refractivity contribution is 0.0697. The smallest absolute Gasteiger partial charge is 0.335 e. The second-order valence-corrected chi connectivity index (χ2v) is 14.2. The van der Waals surface area contributed by atoms with E-state index in [4.69, 9.17) is 9.97 Å². The Kier molecular flexibility index (Phi) is 8.38. The first-order valence-electron chi connectivity index (χ1n) is 17.8. The number of fused-ring (bicyclic) bond motifs is 8. The highest BCUT2D eigenvalue weighted by Crippen LogP contribution is 2.38. The Morgan fingerprint density at radius 3 is 1.70 bits per heavy atom. The first kappa shape index (κ1) is 33.6. The number of carboxylic acids is 1. The molecule has 8 bridgehead atoms. The number of carboxylic acid groups (broad SMARTS) is 1. The number of carbonyl (C=O) groups is 1. The molecule has 0 aliphatic carbocycles. The molecule has 53 heavy (non-hydrogen) atoms. The summed E-state index contributed by atoms with van der Waals surface area (Å²) in [7, 11) is 0. The molecule has 0 atom stereocenters. The number of nitrogens with zero attached hydrogens (tertiary/aromatic N) is 2. The summed E-state index contributed by atoms with van der Waals surface area (Å²) in [5, 5.41) is 9.45. The number of rotatable bonds is 5. The third-order valence-corrected chi connectivity index (χ3v) is 10.1. The van der Waals surface area contributed by atoms with Crippen molar-refractivity contribution in [2.24, 2.45) is 0 Å². The van der Waals surface area contributed by atoms with E-state index in [-0.39, 0.29) is 5.56 Å². The van der Waals surface area contributed by atoms with Gasteiger partial charge in [-0.15, -0.1) is 0 Å². The van der Waals surface area contributed by atoms with Crippen LogP contribution in [0.2, 0.25) is 0 Å². The van der Waals surface area contributed by atoms with E-state index in [0.717, 1.165) is 78.2 Å². The maximum Gasteiger partial charge on any atom is 0.335 e. The molecule has 260 valence electrons. The molecule has 2 aliphatic rings. The molecule has 3 N–H and O–H groups in total. The van der Waals surface area contributed by atoms with Crippen LogP contribution in [0, 0.1) is 41.5 Å². The van der Waals surface area contributed by atoms with Gasteiger partial charge in [-0.3, -0.25) is 0 Å². The fourth-order valence-electron chi connectivity index (χ4n) is 7.93. The van der Waals surface area contributed by atoms with Crippen molar-refractivity contribution in [2.45, 2.75) is 41.5 Å². The van der Waals surface area contributed by atoms with E-state index in [0.29, 0.717) is 0 Å². The van der Waals surface area contributed by atoms with Crippen LogP contribution in [-0.2, 0) is 0 Å². The van der Waals surface area contributed by atoms with E-state index in [2.05, 4.69) is 136 Å². The molecule has 0 amide bonds. The summed E-state index contributed by atoms with van der Waals surface area (Å²) >= 11 is 0. The van der Waals surface area contributed by atoms with E-state index >= 15 is 0 Å². The van der Waals surface area contributed by atoms with Crippen molar-refractivity contribution in [3.63, 3.8) is 0 Å². The summed E-state index contributed by atoms with van der Waals surface area (Å²) in [5.74, 6) is -0.949. The van der Waals surface area contributed by atoms with Crippen LogP contribution in [0.25, 0.3) is 80.8 Å². The summed E-state index contributed by atoms with van der Waals surface area (Å²) in [6.45, 7) is 12.9. The number of benzene rings is 3. The van der Waals surface area contributed by atoms with E-state index in [1.807, 2.05) is 18.2 Å². The molecule has 6 nitrogen and oxygen atoms in total. The molecule has 2 aliphatic heterocycles. The second-order valence-electron chi connectivity index (χ2n) is 14.2. The minimum absolute atomic E-state index is 0.250. The molecule has 6 aromatic rings. The van der Waals surface area contributed by atoms with E-state index in [9.17, 15) is 9.90 Å². The van der Waals surface area contributed by atoms with Gasteiger partial charge in [0.25, 0.3) is 0 Å². The average molecular weight is 693 g/mol. The van der Waals surface area contributed by atoms with Crippen LogP contribution in [0.4, 0.5) is 0 Å². The molecular weight excluding hydrogens is 653 g/mol. The van der Waals surface area contributed by atoms with Crippen molar-refractivity contribution in [1.29, 1.82) is 0 Å². The monoisotopic (exact) mass is 692 g/mol. The number of aromatic nitrogens is 4. The summed E-state index contributed by atoms with van der Waals surface area (Å²) in [4.78, 5) is 29.6. The molecule has 0 unspecified atom stereocenters. The minimum atomic E-state index is -0.949. The first-order valence-corrected chi connectivity index (χ1v) is 17.8. The van der Waals surface area contributed by atoms with Crippen molar-refractivity contribution in [1.82, 2.24) is 19.9 Å². The Hall–Kier alpha value is -6.53. The Morgan fingerprint density at radius 2 is 1.08 bits per heavy atom. The number of H-pyrrole nitrogens is 2. The lowest BCUT2D eigenvalue weighted by atomic mass is 9.92. The minimum Gasteiger partial charge on any atom is -0.478 e. The normalized spacial score (nSPS) is 12.3. The molecule has 3 aromatic carbocycles. The average Bonchev–Trinajstić information content (AvgIpc) is 3.94. The van der Waals surface area contributed by atoms with Gasteiger partial charge in [-0.2, -0.15) is 0 Å². The molecule has 6 heteroatoms. The third-order valence-electron chi connectivity index (χ3n) is 10.1. The largest absolute Gasteiger partial charge is 0.478 e. The molecule has 0 saturated carbocycles. The fraction of sp³-hybridized carbons (Fsp3) is 0.128. The van der Waals surface area contributed by atoms with Crippen molar-refractivity contribution in [3.8, 4) is 22.3 Å². The first-order chi connectivity index (χ1) is 25.5. The van der Waals surface area contributed by atoms with Crippen molar-refractivity contribution in [3.05, 3.63) is 152 Å². The van der Waals surface area contributed by atoms with Gasteiger partial charge < -0.3 is 15.1 Å². The summed E-state index contributed by atoms with van der Waals surface area (Å²) in [5.41, 5.74) is 20.8. The highest BCUT2D eigenvalue weighted by molar-refractivity contribution is 5.97. The van der Waals surface area contributed by atoms with Gasteiger partial charge in [-0.25, -0.2) is 14.8 Å². The molecular formula is C47H40N4O2. The van der Waals surface area contributed by atoms with Gasteiger partial charge in [0.15, 0.2) is 0 Å². The van der Waals surface area contributed by atoms with E-state index in [1.54, 1.807) is 12.1 Å². The maximum absolute atomic E-state index is 11.5. The molecule has 5 heterocycles. The molecule has 0 radical (unpaired) electrons. The van der Waals surface area contributed by atoms with E-state index < -0.39 is 5.97 Å². The van der Waals surface area contributed by atoms with Gasteiger partial charge in [0.2, 0.25) is 0 Å². The zero-order valence-corrected chi connectivity index (χ0v) is 30.7. The summed E-state index contributed by atoms with van der Waals surface area (Å²) < 4.78 is 0. The number of hydrogen-bond donors (Lipinski definition) is 3. The Morgan fingerprint density at radius 1 is 0.547 bits per heavy atom. The molecule has 0 spiro atoms. The zero-order chi connectivity index (χ0) is 37.0. The quantitative estimate of drug-likeness (QED) is 0.167. The predicted octanol–water partition coefficient (Wildman–Crippen LogP) is 11.7. The van der Waals surface area contributed by atoms with Gasteiger partial charge in [0.1, 0.15) is 0 Å². The van der Waals surface area contributed by atoms with Crippen LogP contribution in [-0.4, -0.2) is 31.0 Å². The van der Waals surface area contributed by atoms with Gasteiger partial charge >= 0.3 is 5.97 Å². The van der Waals surface area contributed by atoms with Crippen LogP contribution in [0.15, 0.2) is 78.9 Å². The lowest BCUT2D eigenvalue weighted by Crippen LogP contribution is -1.94. The van der Waals surface area contributed by atoms with Crippen molar-refractivity contribution < 1.29 is 9.90 Å². The molecule has 0 saturated heterocycles. The number of aromatic carboxylic acids is 1. The third kappa shape index (κ3) is 6.33. The van der Waals surface area contributed by atoms with Crippen LogP contribution >= 0.6 is 0 Å². The van der Waals surface area contributed by atoms with Gasteiger partial charge in [-0.1, -0.05) is 59.7 Å². The SMILES string of the molecule is Cc1cc(C)c(-c2c3nc(c(/C=C/c4ccc(C(=O)O)cc4)c4ccc([nH]4)c(-c4c(C)cc(C)cc4C)c4nc(cc5ccc2[nH]5)C=C4)C=C3)c(C)c1. The Balaban J connectivity index is 1.49. The molecule has 3 aromatic heterocycles. The highest BCUT2D eigenvalue weighted by atomic mass is 16.4. The molecule has 0 fully saturated rings. The van der Waals surface area contributed by atoms with Gasteiger partial charge in [0.05, 0.1) is 28.3 Å². The fourth-order valence-corrected chi connectivity index (χ4v) is 7.93. The Bertz CT molecular complexity index is 2650. The second kappa shape index (κ2) is 13.2. The number of nitrogens with one attached hydrogen (secondary N) is 2. The number of aromatic amines is 2. The van der Waals surface area contributed by atoms with Crippen LogP contribution in [0.5, 0.6) is 0 Å². The maximum atomic E-state index is 11.5. The zero-order valence-electron chi connectivity index (χ0n) is 30.7. The van der Waals surface area contributed by atoms with Crippen LogP contribution in [0.3, 0.4) is 0 Å². The van der Waals surface area contributed by atoms with Crippen molar-refractivity contribution >= 4 is 64.5 Å². The summed E-state index contributed by atoms with van der Waals surface area (Å²) in [6.07, 6.45) is 12.4. The lowest BCUT2D eigenvalue weighted by Gasteiger charge is -2.13. The number of aryl methyl sites for hydroxylation is 6. The summed E-state index contributed by atoms with van der Waals surface area (Å²) in [6, 6.07) is 26.4. The van der Waals surface area contributed by atoms with Crippen LogP contribution in [0.1, 0.15) is 77.6 Å². The Labute approximate surface area is 309 Å². The van der Waals surface area contributed by atoms with Gasteiger partial charge in [-0.05, 0) is 147 Å². The molecule has 8 rings (SSSR count). The van der Waals surface area contributed by atoms with E-state index in [1.165, 1.54) is 33.4 Å². The predicted molar refractivity (Wildman–Crippen MR) is 220 cm³/mol. The number of hydrogen-bond acceptors (Lipinski definition) is 3. The van der Waals surface area contributed by atoms with Crippen LogP contribution < -0.4 is 0 Å². The highest BCUT2D eigenvalue weighted by Gasteiger charge is 2.19. The standard InChI is InChI=1S/C47H40N4O2/c1-26-21-28(3)43(29(4)22-26)45-39-15-12-34(48-39)25-35-13-16-40(49-35)46(44-30(5)23-27(2)24-31(44)6)42-20-18-38(51-42)36(37-17-19-41(45)50-37)14-9-32-7-10-33(11-8-32)47(52)53/h7-25,48,51H,1-6H3,(H,52,53)/b14-9+,34-25?,35-25?,37-36?,38-36?,45-39?,45-41?,46-40?,46-42?. The topological polar surface area (TPSA) is 94.7 Å². The van der Waals surface area contributed by atoms with Gasteiger partial charge in [0, 0.05) is 38.8 Å².